The summed E-state index contributed by atoms with van der Waals surface area (Å²) < 4.78 is 13.7. The van der Waals surface area contributed by atoms with Crippen molar-refractivity contribution < 1.29 is 9.50 Å². The van der Waals surface area contributed by atoms with Crippen LogP contribution in [0.25, 0.3) is 0 Å². The van der Waals surface area contributed by atoms with Gasteiger partial charge in [0.1, 0.15) is 5.82 Å². The molecule has 2 atom stereocenters. The number of aliphatic hydroxyl groups is 1. The number of halogens is 1. The molecule has 0 radical (unpaired) electrons. The Bertz CT molecular complexity index is 530. The van der Waals surface area contributed by atoms with Crippen LogP contribution in [0, 0.1) is 5.82 Å². The first-order valence-corrected chi connectivity index (χ1v) is 6.86. The van der Waals surface area contributed by atoms with Crippen molar-refractivity contribution in [1.82, 2.24) is 5.32 Å². The zero-order chi connectivity index (χ0) is 14.4. The van der Waals surface area contributed by atoms with E-state index >= 15 is 0 Å². The fourth-order valence-electron chi connectivity index (χ4n) is 2.34. The van der Waals surface area contributed by atoms with Crippen LogP contribution in [0.4, 0.5) is 4.39 Å². The Hall–Kier alpha value is -1.71. The number of rotatable bonds is 6. The van der Waals surface area contributed by atoms with Gasteiger partial charge in [0.25, 0.3) is 0 Å². The van der Waals surface area contributed by atoms with E-state index in [1.807, 2.05) is 43.3 Å². The quantitative estimate of drug-likeness (QED) is 0.847. The lowest BCUT2D eigenvalue weighted by Crippen LogP contribution is -2.36. The van der Waals surface area contributed by atoms with Crippen LogP contribution in [0.5, 0.6) is 0 Å². The third-order valence-electron chi connectivity index (χ3n) is 3.40. The molecule has 2 nitrogen and oxygen atoms in total. The summed E-state index contributed by atoms with van der Waals surface area (Å²) in [6, 6.07) is 16.5. The Balaban J connectivity index is 2.01. The van der Waals surface area contributed by atoms with Crippen molar-refractivity contribution >= 4 is 0 Å². The standard InChI is InChI=1S/C17H20FNO/c1-13(16-9-5-6-10-17(16)18)19-15(12-20)11-14-7-3-2-4-8-14/h2-10,13,15,19-20H,11-12H2,1H3. The van der Waals surface area contributed by atoms with Crippen molar-refractivity contribution in [2.24, 2.45) is 0 Å². The molecule has 0 fully saturated rings. The fraction of sp³-hybridized carbons (Fsp3) is 0.294. The van der Waals surface area contributed by atoms with E-state index in [4.69, 9.17) is 0 Å². The van der Waals surface area contributed by atoms with E-state index in [9.17, 15) is 9.50 Å². The van der Waals surface area contributed by atoms with Crippen LogP contribution < -0.4 is 5.32 Å². The monoisotopic (exact) mass is 273 g/mol. The predicted octanol–water partition coefficient (Wildman–Crippen LogP) is 3.08. The van der Waals surface area contributed by atoms with Gasteiger partial charge in [-0.15, -0.1) is 0 Å². The van der Waals surface area contributed by atoms with Crippen LogP contribution in [-0.4, -0.2) is 17.8 Å². The van der Waals surface area contributed by atoms with E-state index in [0.29, 0.717) is 5.56 Å². The molecule has 0 saturated carbocycles. The fourth-order valence-corrected chi connectivity index (χ4v) is 2.34. The molecule has 0 amide bonds. The topological polar surface area (TPSA) is 32.3 Å². The molecule has 0 aromatic heterocycles. The molecule has 2 unspecified atom stereocenters. The van der Waals surface area contributed by atoms with Crippen molar-refractivity contribution in [1.29, 1.82) is 0 Å². The summed E-state index contributed by atoms with van der Waals surface area (Å²) in [5.74, 6) is -0.219. The summed E-state index contributed by atoms with van der Waals surface area (Å²) in [6.45, 7) is 1.93. The average molecular weight is 273 g/mol. The molecule has 0 heterocycles. The lowest BCUT2D eigenvalue weighted by molar-refractivity contribution is 0.232. The lowest BCUT2D eigenvalue weighted by atomic mass is 10.0. The first kappa shape index (κ1) is 14.7. The van der Waals surface area contributed by atoms with Crippen molar-refractivity contribution in [3.8, 4) is 0 Å². The molecule has 3 heteroatoms. The summed E-state index contributed by atoms with van der Waals surface area (Å²) >= 11 is 0. The predicted molar refractivity (Wildman–Crippen MR) is 79.0 cm³/mol. The third-order valence-corrected chi connectivity index (χ3v) is 3.40. The molecule has 2 rings (SSSR count). The Morgan fingerprint density at radius 1 is 1.05 bits per heavy atom. The van der Waals surface area contributed by atoms with Gasteiger partial charge in [-0.3, -0.25) is 0 Å². The van der Waals surface area contributed by atoms with Crippen LogP contribution in [0.2, 0.25) is 0 Å². The summed E-state index contributed by atoms with van der Waals surface area (Å²) in [7, 11) is 0. The first-order valence-electron chi connectivity index (χ1n) is 6.86. The molecule has 0 saturated heterocycles. The number of hydrogen-bond donors (Lipinski definition) is 2. The molecule has 0 aliphatic carbocycles. The van der Waals surface area contributed by atoms with Gasteiger partial charge in [0.05, 0.1) is 6.61 Å². The van der Waals surface area contributed by atoms with Crippen LogP contribution in [0.15, 0.2) is 54.6 Å². The first-order chi connectivity index (χ1) is 9.70. The zero-order valence-electron chi connectivity index (χ0n) is 11.6. The Morgan fingerprint density at radius 2 is 1.70 bits per heavy atom. The highest BCUT2D eigenvalue weighted by Gasteiger charge is 2.15. The second-order valence-corrected chi connectivity index (χ2v) is 4.98. The molecule has 106 valence electrons. The highest BCUT2D eigenvalue weighted by molar-refractivity contribution is 5.21. The minimum Gasteiger partial charge on any atom is -0.395 e. The minimum atomic E-state index is -0.219. The Kier molecular flexibility index (Phi) is 5.27. The lowest BCUT2D eigenvalue weighted by Gasteiger charge is -2.22. The van der Waals surface area contributed by atoms with Gasteiger partial charge in [0, 0.05) is 17.6 Å². The van der Waals surface area contributed by atoms with E-state index in [2.05, 4.69) is 5.32 Å². The number of benzene rings is 2. The SMILES string of the molecule is CC(NC(CO)Cc1ccccc1)c1ccccc1F. The highest BCUT2D eigenvalue weighted by atomic mass is 19.1. The molecule has 0 spiro atoms. The van der Waals surface area contributed by atoms with Gasteiger partial charge in [-0.05, 0) is 25.0 Å². The van der Waals surface area contributed by atoms with E-state index in [1.165, 1.54) is 6.07 Å². The zero-order valence-corrected chi connectivity index (χ0v) is 11.6. The number of aliphatic hydroxyl groups excluding tert-OH is 1. The van der Waals surface area contributed by atoms with Gasteiger partial charge in [-0.1, -0.05) is 48.5 Å². The summed E-state index contributed by atoms with van der Waals surface area (Å²) in [5, 5.41) is 12.8. The Morgan fingerprint density at radius 3 is 2.35 bits per heavy atom. The van der Waals surface area contributed by atoms with Crippen LogP contribution in [0.3, 0.4) is 0 Å². The summed E-state index contributed by atoms with van der Waals surface area (Å²) in [5.41, 5.74) is 1.78. The van der Waals surface area contributed by atoms with Crippen molar-refractivity contribution in [3.63, 3.8) is 0 Å². The highest BCUT2D eigenvalue weighted by Crippen LogP contribution is 2.17. The largest absolute Gasteiger partial charge is 0.395 e. The maximum absolute atomic E-state index is 13.7. The van der Waals surface area contributed by atoms with Crippen molar-refractivity contribution in [3.05, 3.63) is 71.5 Å². The molecule has 0 aliphatic rings. The molecular formula is C17H20FNO. The number of nitrogens with one attached hydrogen (secondary N) is 1. The van der Waals surface area contributed by atoms with Gasteiger partial charge >= 0.3 is 0 Å². The van der Waals surface area contributed by atoms with Crippen LogP contribution >= 0.6 is 0 Å². The molecule has 2 aromatic carbocycles. The second-order valence-electron chi connectivity index (χ2n) is 4.98. The van der Waals surface area contributed by atoms with E-state index in [-0.39, 0.29) is 24.5 Å². The van der Waals surface area contributed by atoms with E-state index in [0.717, 1.165) is 12.0 Å². The molecule has 20 heavy (non-hydrogen) atoms. The molecule has 0 aliphatic heterocycles. The summed E-state index contributed by atoms with van der Waals surface area (Å²) in [4.78, 5) is 0. The van der Waals surface area contributed by atoms with Gasteiger partial charge in [0.15, 0.2) is 0 Å². The molecule has 0 bridgehead atoms. The Labute approximate surface area is 119 Å². The van der Waals surface area contributed by atoms with E-state index in [1.54, 1.807) is 12.1 Å². The van der Waals surface area contributed by atoms with Gasteiger partial charge in [-0.2, -0.15) is 0 Å². The average Bonchev–Trinajstić information content (AvgIpc) is 2.48. The second kappa shape index (κ2) is 7.17. The van der Waals surface area contributed by atoms with Gasteiger partial charge in [-0.25, -0.2) is 4.39 Å². The van der Waals surface area contributed by atoms with Gasteiger partial charge < -0.3 is 10.4 Å². The van der Waals surface area contributed by atoms with Crippen molar-refractivity contribution in [2.45, 2.75) is 25.4 Å². The minimum absolute atomic E-state index is 0.0215. The number of hydrogen-bond acceptors (Lipinski definition) is 2. The normalized spacial score (nSPS) is 13.9. The maximum Gasteiger partial charge on any atom is 0.127 e. The third kappa shape index (κ3) is 3.89. The van der Waals surface area contributed by atoms with Crippen LogP contribution in [0.1, 0.15) is 24.1 Å². The molecular weight excluding hydrogens is 253 g/mol. The van der Waals surface area contributed by atoms with E-state index < -0.39 is 0 Å². The van der Waals surface area contributed by atoms with Gasteiger partial charge in [0.2, 0.25) is 0 Å². The molecule has 2 aromatic rings. The smallest absolute Gasteiger partial charge is 0.127 e. The molecule has 2 N–H and O–H groups in total. The summed E-state index contributed by atoms with van der Waals surface area (Å²) in [6.07, 6.45) is 0.718. The van der Waals surface area contributed by atoms with Crippen LogP contribution in [-0.2, 0) is 6.42 Å². The van der Waals surface area contributed by atoms with Crippen molar-refractivity contribution in [2.75, 3.05) is 6.61 Å². The maximum atomic E-state index is 13.7.